The van der Waals surface area contributed by atoms with E-state index in [-0.39, 0.29) is 23.9 Å². The normalized spacial score (nSPS) is 10.8. The number of rotatable bonds is 8. The van der Waals surface area contributed by atoms with Crippen LogP contribution in [0.15, 0.2) is 77.6 Å². The summed E-state index contributed by atoms with van der Waals surface area (Å²) in [7, 11) is 3.34. The highest BCUT2D eigenvalue weighted by Gasteiger charge is 2.11. The monoisotopic (exact) mass is 471 g/mol. The Morgan fingerprint density at radius 1 is 0.943 bits per heavy atom. The fourth-order valence-electron chi connectivity index (χ4n) is 3.55. The summed E-state index contributed by atoms with van der Waals surface area (Å²) in [5.41, 5.74) is 2.09. The van der Waals surface area contributed by atoms with Crippen LogP contribution in [-0.4, -0.2) is 47.4 Å². The number of anilines is 2. The molecule has 0 saturated heterocycles. The molecule has 0 unspecified atom stereocenters. The van der Waals surface area contributed by atoms with Gasteiger partial charge in [0.2, 0.25) is 5.91 Å². The number of carbonyl (C=O) groups excluding carboxylic acids is 2. The van der Waals surface area contributed by atoms with Crippen molar-refractivity contribution in [3.8, 4) is 5.75 Å². The number of amides is 2. The zero-order valence-electron chi connectivity index (χ0n) is 19.4. The number of aromatic amines is 1. The maximum atomic E-state index is 12.5. The number of aromatic nitrogens is 2. The summed E-state index contributed by atoms with van der Waals surface area (Å²) in [4.78, 5) is 46.1. The van der Waals surface area contributed by atoms with E-state index in [1.165, 1.54) is 0 Å². The smallest absolute Gasteiger partial charge is 0.258 e. The van der Waals surface area contributed by atoms with Gasteiger partial charge in [-0.3, -0.25) is 19.3 Å². The van der Waals surface area contributed by atoms with Gasteiger partial charge in [-0.15, -0.1) is 0 Å². The Morgan fingerprint density at radius 2 is 1.60 bits per heavy atom. The van der Waals surface area contributed by atoms with Crippen molar-refractivity contribution in [2.24, 2.45) is 0 Å². The van der Waals surface area contributed by atoms with Crippen molar-refractivity contribution in [1.29, 1.82) is 0 Å². The minimum Gasteiger partial charge on any atom is -0.497 e. The number of hydrogen-bond donors (Lipinski definition) is 3. The maximum absolute atomic E-state index is 12.5. The van der Waals surface area contributed by atoms with Gasteiger partial charge in [-0.05, 0) is 67.7 Å². The summed E-state index contributed by atoms with van der Waals surface area (Å²) in [6.07, 6.45) is 0. The average molecular weight is 472 g/mol. The molecule has 178 valence electrons. The van der Waals surface area contributed by atoms with E-state index < -0.39 is 0 Å². The van der Waals surface area contributed by atoms with Crippen molar-refractivity contribution >= 4 is 34.1 Å². The Bertz CT molecular complexity index is 1400. The van der Waals surface area contributed by atoms with Gasteiger partial charge in [-0.2, -0.15) is 0 Å². The van der Waals surface area contributed by atoms with E-state index in [4.69, 9.17) is 4.74 Å². The SMILES string of the molecule is COc1ccc(NC(=O)c2ccc(NC(=O)CN(C)Cc3nc4ccccc4c(=O)[nH]3)cc2)cc1. The maximum Gasteiger partial charge on any atom is 0.258 e. The van der Waals surface area contributed by atoms with E-state index in [9.17, 15) is 14.4 Å². The Morgan fingerprint density at radius 3 is 2.31 bits per heavy atom. The first-order chi connectivity index (χ1) is 16.9. The second kappa shape index (κ2) is 10.6. The topological polar surface area (TPSA) is 116 Å². The molecular weight excluding hydrogens is 446 g/mol. The fourth-order valence-corrected chi connectivity index (χ4v) is 3.55. The molecule has 0 fully saturated rings. The van der Waals surface area contributed by atoms with Gasteiger partial charge < -0.3 is 20.4 Å². The third-order valence-electron chi connectivity index (χ3n) is 5.27. The third-order valence-corrected chi connectivity index (χ3v) is 5.27. The molecule has 0 aliphatic rings. The summed E-state index contributed by atoms with van der Waals surface area (Å²) in [6.45, 7) is 0.397. The van der Waals surface area contributed by atoms with Crippen molar-refractivity contribution in [1.82, 2.24) is 14.9 Å². The van der Waals surface area contributed by atoms with Crippen LogP contribution in [-0.2, 0) is 11.3 Å². The number of likely N-dealkylation sites (N-methyl/N-ethyl adjacent to an activating group) is 1. The van der Waals surface area contributed by atoms with Gasteiger partial charge in [0.1, 0.15) is 11.6 Å². The highest BCUT2D eigenvalue weighted by Crippen LogP contribution is 2.17. The van der Waals surface area contributed by atoms with Crippen LogP contribution in [0, 0.1) is 0 Å². The van der Waals surface area contributed by atoms with E-state index in [2.05, 4.69) is 20.6 Å². The Balaban J connectivity index is 1.30. The number of hydrogen-bond acceptors (Lipinski definition) is 6. The van der Waals surface area contributed by atoms with Gasteiger partial charge in [0.15, 0.2) is 0 Å². The summed E-state index contributed by atoms with van der Waals surface area (Å²) < 4.78 is 5.11. The van der Waals surface area contributed by atoms with Crippen LogP contribution in [0.1, 0.15) is 16.2 Å². The van der Waals surface area contributed by atoms with Crippen molar-refractivity contribution < 1.29 is 14.3 Å². The largest absolute Gasteiger partial charge is 0.497 e. The van der Waals surface area contributed by atoms with Crippen LogP contribution in [0.4, 0.5) is 11.4 Å². The van der Waals surface area contributed by atoms with E-state index in [1.807, 2.05) is 6.07 Å². The number of ether oxygens (including phenoxy) is 1. The van der Waals surface area contributed by atoms with E-state index in [0.29, 0.717) is 46.0 Å². The molecule has 0 atom stereocenters. The first kappa shape index (κ1) is 23.7. The summed E-state index contributed by atoms with van der Waals surface area (Å²) in [6, 6.07) is 20.8. The predicted molar refractivity (Wildman–Crippen MR) is 135 cm³/mol. The summed E-state index contributed by atoms with van der Waals surface area (Å²) in [5, 5.41) is 6.15. The summed E-state index contributed by atoms with van der Waals surface area (Å²) in [5.74, 6) is 0.697. The zero-order valence-corrected chi connectivity index (χ0v) is 19.4. The molecule has 4 rings (SSSR count). The van der Waals surface area contributed by atoms with E-state index in [0.717, 1.165) is 0 Å². The number of para-hydroxylation sites is 1. The summed E-state index contributed by atoms with van der Waals surface area (Å²) >= 11 is 0. The van der Waals surface area contributed by atoms with Crippen LogP contribution in [0.2, 0.25) is 0 Å². The number of nitrogens with zero attached hydrogens (tertiary/aromatic N) is 2. The Hall–Kier alpha value is -4.50. The Kier molecular flexibility index (Phi) is 7.18. The van der Waals surface area contributed by atoms with Gasteiger partial charge in [0.05, 0.1) is 31.1 Å². The molecular formula is C26H25N5O4. The molecule has 0 saturated carbocycles. The molecule has 1 aromatic heterocycles. The quantitative estimate of drug-likeness (QED) is 0.363. The lowest BCUT2D eigenvalue weighted by Gasteiger charge is -2.16. The lowest BCUT2D eigenvalue weighted by Crippen LogP contribution is -2.31. The molecule has 35 heavy (non-hydrogen) atoms. The van der Waals surface area contributed by atoms with Crippen molar-refractivity contribution in [3.05, 3.63) is 94.5 Å². The molecule has 0 spiro atoms. The van der Waals surface area contributed by atoms with Gasteiger partial charge in [-0.1, -0.05) is 12.1 Å². The molecule has 3 aromatic carbocycles. The van der Waals surface area contributed by atoms with E-state index in [1.54, 1.807) is 85.8 Å². The van der Waals surface area contributed by atoms with Crippen LogP contribution >= 0.6 is 0 Å². The molecule has 0 aliphatic heterocycles. The van der Waals surface area contributed by atoms with Gasteiger partial charge >= 0.3 is 0 Å². The van der Waals surface area contributed by atoms with E-state index >= 15 is 0 Å². The van der Waals surface area contributed by atoms with Crippen LogP contribution < -0.4 is 20.9 Å². The molecule has 4 aromatic rings. The first-order valence-corrected chi connectivity index (χ1v) is 10.9. The number of fused-ring (bicyclic) bond motifs is 1. The second-order valence-corrected chi connectivity index (χ2v) is 8.01. The highest BCUT2D eigenvalue weighted by atomic mass is 16.5. The van der Waals surface area contributed by atoms with Crippen molar-refractivity contribution in [2.45, 2.75) is 6.54 Å². The molecule has 9 nitrogen and oxygen atoms in total. The molecule has 2 amide bonds. The predicted octanol–water partition coefficient (Wildman–Crippen LogP) is 3.25. The second-order valence-electron chi connectivity index (χ2n) is 8.01. The van der Waals surface area contributed by atoms with Crippen molar-refractivity contribution in [2.75, 3.05) is 31.3 Å². The van der Waals surface area contributed by atoms with Crippen LogP contribution in [0.3, 0.4) is 0 Å². The number of carbonyl (C=O) groups is 2. The standard InChI is InChI=1S/C26H25N5O4/c1-31(15-23-29-22-6-4-3-5-21(22)26(34)30-23)16-24(32)27-18-9-7-17(8-10-18)25(33)28-19-11-13-20(35-2)14-12-19/h3-14H,15-16H2,1-2H3,(H,27,32)(H,28,33)(H,29,30,34). The third kappa shape index (κ3) is 6.10. The average Bonchev–Trinajstić information content (AvgIpc) is 2.84. The van der Waals surface area contributed by atoms with Gasteiger partial charge in [-0.25, -0.2) is 4.98 Å². The van der Waals surface area contributed by atoms with Crippen molar-refractivity contribution in [3.63, 3.8) is 0 Å². The molecule has 3 N–H and O–H groups in total. The number of methoxy groups -OCH3 is 1. The van der Waals surface area contributed by atoms with Crippen LogP contribution in [0.25, 0.3) is 10.9 Å². The van der Waals surface area contributed by atoms with Gasteiger partial charge in [0, 0.05) is 16.9 Å². The number of nitrogens with one attached hydrogen (secondary N) is 3. The number of H-pyrrole nitrogens is 1. The lowest BCUT2D eigenvalue weighted by molar-refractivity contribution is -0.117. The highest BCUT2D eigenvalue weighted by molar-refractivity contribution is 6.04. The molecule has 1 heterocycles. The molecule has 0 bridgehead atoms. The molecule has 9 heteroatoms. The minimum absolute atomic E-state index is 0.0935. The van der Waals surface area contributed by atoms with Gasteiger partial charge in [0.25, 0.3) is 11.5 Å². The molecule has 0 aliphatic carbocycles. The fraction of sp³-hybridized carbons (Fsp3) is 0.154. The molecule has 0 radical (unpaired) electrons. The zero-order chi connectivity index (χ0) is 24.8. The lowest BCUT2D eigenvalue weighted by atomic mass is 10.2. The van der Waals surface area contributed by atoms with Crippen LogP contribution in [0.5, 0.6) is 5.75 Å². The minimum atomic E-state index is -0.260. The number of benzene rings is 3. The Labute approximate surface area is 201 Å². The first-order valence-electron chi connectivity index (χ1n) is 10.9.